The van der Waals surface area contributed by atoms with Gasteiger partial charge in [0.25, 0.3) is 0 Å². The number of ether oxygens (including phenoxy) is 2. The Labute approximate surface area is 180 Å². The van der Waals surface area contributed by atoms with Crippen LogP contribution in [0.1, 0.15) is 33.1 Å². The summed E-state index contributed by atoms with van der Waals surface area (Å²) in [6.45, 7) is 11.0. The lowest BCUT2D eigenvalue weighted by molar-refractivity contribution is 0.297. The van der Waals surface area contributed by atoms with Crippen LogP contribution < -0.4 is 20.1 Å². The van der Waals surface area contributed by atoms with Gasteiger partial charge in [-0.15, -0.1) is 24.0 Å². The van der Waals surface area contributed by atoms with Crippen LogP contribution in [0, 0.1) is 5.92 Å². The molecule has 2 heterocycles. The van der Waals surface area contributed by atoms with E-state index >= 15 is 0 Å². The molecule has 1 atom stereocenters. The fraction of sp³-hybridized carbons (Fsp3) is 0.650. The first-order valence-electron chi connectivity index (χ1n) is 9.95. The Morgan fingerprint density at radius 2 is 2.04 bits per heavy atom. The van der Waals surface area contributed by atoms with Gasteiger partial charge in [0.2, 0.25) is 0 Å². The van der Waals surface area contributed by atoms with Gasteiger partial charge in [-0.3, -0.25) is 4.99 Å². The maximum Gasteiger partial charge on any atom is 0.195 e. The summed E-state index contributed by atoms with van der Waals surface area (Å²) in [4.78, 5) is 7.36. The third-order valence-corrected chi connectivity index (χ3v) is 4.77. The molecule has 27 heavy (non-hydrogen) atoms. The first kappa shape index (κ1) is 22.1. The number of fused-ring (bicyclic) bond motifs is 1. The fourth-order valence-electron chi connectivity index (χ4n) is 3.49. The molecule has 2 N–H and O–H groups in total. The molecule has 3 rings (SSSR count). The highest BCUT2D eigenvalue weighted by Gasteiger charge is 2.21. The Balaban J connectivity index is 0.00000261. The van der Waals surface area contributed by atoms with E-state index in [0.29, 0.717) is 19.1 Å². The molecule has 2 aliphatic heterocycles. The normalized spacial score (nSPS) is 19.9. The van der Waals surface area contributed by atoms with E-state index in [-0.39, 0.29) is 24.0 Å². The molecule has 6 nitrogen and oxygen atoms in total. The highest BCUT2D eigenvalue weighted by Crippen LogP contribution is 2.32. The lowest BCUT2D eigenvalue weighted by atomic mass is 10.1. The van der Waals surface area contributed by atoms with Gasteiger partial charge >= 0.3 is 0 Å². The number of hydrogen-bond acceptors (Lipinski definition) is 4. The van der Waals surface area contributed by atoms with Gasteiger partial charge in [0.1, 0.15) is 0 Å². The maximum atomic E-state index is 5.78. The molecule has 1 aromatic carbocycles. The van der Waals surface area contributed by atoms with Crippen molar-refractivity contribution in [2.45, 2.75) is 33.1 Å². The molecule has 0 bridgehead atoms. The minimum absolute atomic E-state index is 0. The third-order valence-electron chi connectivity index (χ3n) is 4.77. The SMILES string of the molecule is CCCN1CCC(CN=C(NCC)Nc2ccc3c(c2)OCCCO3)C1.I. The van der Waals surface area contributed by atoms with Gasteiger partial charge in [-0.2, -0.15) is 0 Å². The first-order valence-corrected chi connectivity index (χ1v) is 9.95. The summed E-state index contributed by atoms with van der Waals surface area (Å²) in [6, 6.07) is 5.97. The van der Waals surface area contributed by atoms with Crippen molar-refractivity contribution in [1.82, 2.24) is 10.2 Å². The number of hydrogen-bond donors (Lipinski definition) is 2. The summed E-state index contributed by atoms with van der Waals surface area (Å²) in [5, 5.41) is 6.74. The Morgan fingerprint density at radius 3 is 2.81 bits per heavy atom. The van der Waals surface area contributed by atoms with Crippen molar-refractivity contribution >= 4 is 35.6 Å². The molecule has 0 aliphatic carbocycles. The molecule has 152 valence electrons. The molecule has 0 amide bonds. The summed E-state index contributed by atoms with van der Waals surface area (Å²) in [5.74, 6) is 3.10. The molecular formula is C20H33IN4O2. The number of nitrogens with one attached hydrogen (secondary N) is 2. The van der Waals surface area contributed by atoms with E-state index < -0.39 is 0 Å². The second-order valence-corrected chi connectivity index (χ2v) is 7.01. The van der Waals surface area contributed by atoms with Crippen LogP contribution in [0.2, 0.25) is 0 Å². The van der Waals surface area contributed by atoms with Crippen molar-refractivity contribution in [3.8, 4) is 11.5 Å². The molecule has 1 fully saturated rings. The van der Waals surface area contributed by atoms with Crippen molar-refractivity contribution in [3.63, 3.8) is 0 Å². The van der Waals surface area contributed by atoms with Crippen molar-refractivity contribution < 1.29 is 9.47 Å². The standard InChI is InChI=1S/C20H32N4O2.HI/c1-3-9-24-10-8-16(15-24)14-22-20(21-4-2)23-17-6-7-18-19(13-17)26-12-5-11-25-18;/h6-7,13,16H,3-5,8-12,14-15H2,1-2H3,(H2,21,22,23);1H. The van der Waals surface area contributed by atoms with Gasteiger partial charge in [-0.05, 0) is 50.9 Å². The molecule has 0 aromatic heterocycles. The van der Waals surface area contributed by atoms with Crippen LogP contribution in [0.5, 0.6) is 11.5 Å². The van der Waals surface area contributed by atoms with E-state index in [1.165, 1.54) is 32.5 Å². The van der Waals surface area contributed by atoms with Crippen LogP contribution in [0.3, 0.4) is 0 Å². The number of aliphatic imine (C=N–C) groups is 1. The first-order chi connectivity index (χ1) is 12.8. The van der Waals surface area contributed by atoms with Gasteiger partial charge < -0.3 is 25.0 Å². The molecule has 1 aromatic rings. The zero-order valence-electron chi connectivity index (χ0n) is 16.5. The highest BCUT2D eigenvalue weighted by atomic mass is 127. The minimum Gasteiger partial charge on any atom is -0.490 e. The number of nitrogens with zero attached hydrogens (tertiary/aromatic N) is 2. The lowest BCUT2D eigenvalue weighted by Crippen LogP contribution is -2.31. The zero-order chi connectivity index (χ0) is 18.2. The molecule has 0 saturated carbocycles. The summed E-state index contributed by atoms with van der Waals surface area (Å²) in [6.07, 6.45) is 3.38. The molecule has 0 radical (unpaired) electrons. The van der Waals surface area contributed by atoms with Crippen LogP contribution in [0.15, 0.2) is 23.2 Å². The Hall–Kier alpha value is -1.22. The highest BCUT2D eigenvalue weighted by molar-refractivity contribution is 14.0. The second kappa shape index (κ2) is 11.6. The topological polar surface area (TPSA) is 58.1 Å². The van der Waals surface area contributed by atoms with Gasteiger partial charge in [0.15, 0.2) is 17.5 Å². The number of halogens is 1. The molecule has 1 saturated heterocycles. The molecule has 7 heteroatoms. The van der Waals surface area contributed by atoms with Crippen LogP contribution in [0.25, 0.3) is 0 Å². The average molecular weight is 488 g/mol. The van der Waals surface area contributed by atoms with E-state index in [1.807, 2.05) is 18.2 Å². The van der Waals surface area contributed by atoms with E-state index in [4.69, 9.17) is 14.5 Å². The third kappa shape index (κ3) is 6.71. The van der Waals surface area contributed by atoms with Crippen LogP contribution in [-0.4, -0.2) is 56.8 Å². The Bertz CT molecular complexity index is 612. The van der Waals surface area contributed by atoms with Gasteiger partial charge in [-0.25, -0.2) is 0 Å². The largest absolute Gasteiger partial charge is 0.490 e. The lowest BCUT2D eigenvalue weighted by Gasteiger charge is -2.15. The van der Waals surface area contributed by atoms with E-state index in [9.17, 15) is 0 Å². The van der Waals surface area contributed by atoms with Crippen LogP contribution >= 0.6 is 24.0 Å². The van der Waals surface area contributed by atoms with Gasteiger partial charge in [0.05, 0.1) is 13.2 Å². The van der Waals surface area contributed by atoms with Crippen LogP contribution in [0.4, 0.5) is 5.69 Å². The summed E-state index contributed by atoms with van der Waals surface area (Å²) < 4.78 is 11.5. The fourth-order valence-corrected chi connectivity index (χ4v) is 3.49. The predicted octanol–water partition coefficient (Wildman–Crippen LogP) is 3.58. The Morgan fingerprint density at radius 1 is 1.22 bits per heavy atom. The monoisotopic (exact) mass is 488 g/mol. The number of rotatable bonds is 6. The average Bonchev–Trinajstić information content (AvgIpc) is 2.95. The number of anilines is 1. The van der Waals surface area contributed by atoms with E-state index in [2.05, 4.69) is 29.4 Å². The maximum absolute atomic E-state index is 5.78. The van der Waals surface area contributed by atoms with Gasteiger partial charge in [0, 0.05) is 37.8 Å². The smallest absolute Gasteiger partial charge is 0.195 e. The number of likely N-dealkylation sites (tertiary alicyclic amines) is 1. The van der Waals surface area contributed by atoms with Crippen molar-refractivity contribution in [3.05, 3.63) is 18.2 Å². The molecule has 0 spiro atoms. The molecule has 1 unspecified atom stereocenters. The number of guanidine groups is 1. The summed E-state index contributed by atoms with van der Waals surface area (Å²) in [5.41, 5.74) is 0.966. The van der Waals surface area contributed by atoms with E-state index in [1.54, 1.807) is 0 Å². The van der Waals surface area contributed by atoms with Crippen molar-refractivity contribution in [2.75, 3.05) is 51.3 Å². The summed E-state index contributed by atoms with van der Waals surface area (Å²) >= 11 is 0. The number of benzene rings is 1. The second-order valence-electron chi connectivity index (χ2n) is 7.01. The molecular weight excluding hydrogens is 455 g/mol. The summed E-state index contributed by atoms with van der Waals surface area (Å²) in [7, 11) is 0. The van der Waals surface area contributed by atoms with E-state index in [0.717, 1.165) is 42.7 Å². The van der Waals surface area contributed by atoms with Gasteiger partial charge in [-0.1, -0.05) is 6.92 Å². The minimum atomic E-state index is 0. The Kier molecular flexibility index (Phi) is 9.47. The molecule has 2 aliphatic rings. The predicted molar refractivity (Wildman–Crippen MR) is 122 cm³/mol. The quantitative estimate of drug-likeness (QED) is 0.364. The van der Waals surface area contributed by atoms with Crippen molar-refractivity contribution in [2.24, 2.45) is 10.9 Å². The van der Waals surface area contributed by atoms with Crippen LogP contribution in [-0.2, 0) is 0 Å². The zero-order valence-corrected chi connectivity index (χ0v) is 18.8. The van der Waals surface area contributed by atoms with Crippen molar-refractivity contribution in [1.29, 1.82) is 0 Å².